The lowest BCUT2D eigenvalue weighted by Crippen LogP contribution is -2.69. The molecule has 1 aromatic carbocycles. The average Bonchev–Trinajstić information content (AvgIpc) is 2.30. The van der Waals surface area contributed by atoms with Gasteiger partial charge in [0, 0.05) is 5.02 Å². The molecule has 1 fully saturated rings. The molecule has 0 atom stereocenters. The number of imide groups is 2. The lowest BCUT2D eigenvalue weighted by Gasteiger charge is -2.31. The van der Waals surface area contributed by atoms with Gasteiger partial charge in [0.05, 0.1) is 0 Å². The number of hydrogen-bond acceptors (Lipinski definition) is 4. The largest absolute Gasteiger partial charge is 0.368 e. The van der Waals surface area contributed by atoms with Gasteiger partial charge in [-0.3, -0.25) is 25.0 Å². The van der Waals surface area contributed by atoms with Crippen LogP contribution in [0.1, 0.15) is 5.56 Å². The van der Waals surface area contributed by atoms with E-state index < -0.39 is 29.2 Å². The van der Waals surface area contributed by atoms with Gasteiger partial charge in [-0.25, -0.2) is 4.79 Å². The van der Waals surface area contributed by atoms with Crippen LogP contribution in [0.25, 0.3) is 0 Å². The number of barbiturate groups is 1. The molecule has 19 heavy (non-hydrogen) atoms. The van der Waals surface area contributed by atoms with E-state index in [1.165, 1.54) is 24.3 Å². The molecule has 0 unspecified atom stereocenters. The zero-order valence-corrected chi connectivity index (χ0v) is 10.2. The third kappa shape index (κ3) is 1.84. The maximum atomic E-state index is 11.9. The minimum absolute atomic E-state index is 0.0342. The number of rotatable bonds is 2. The minimum Gasteiger partial charge on any atom is -0.368 e. The first kappa shape index (κ1) is 13.0. The van der Waals surface area contributed by atoms with Crippen molar-refractivity contribution in [1.29, 1.82) is 0 Å². The SMILES string of the molecule is NC(=O)C1(c2ccc(Cl)cc2)C(=O)NC(=O)NC1=O. The summed E-state index contributed by atoms with van der Waals surface area (Å²) in [5, 5.41) is 4.06. The van der Waals surface area contributed by atoms with E-state index in [2.05, 4.69) is 0 Å². The average molecular weight is 282 g/mol. The van der Waals surface area contributed by atoms with Gasteiger partial charge in [0.2, 0.25) is 11.3 Å². The summed E-state index contributed by atoms with van der Waals surface area (Å²) in [4.78, 5) is 46.6. The Morgan fingerprint density at radius 2 is 1.53 bits per heavy atom. The number of nitrogens with two attached hydrogens (primary N) is 1. The Bertz CT molecular complexity index is 576. The summed E-state index contributed by atoms with van der Waals surface area (Å²) in [7, 11) is 0. The summed E-state index contributed by atoms with van der Waals surface area (Å²) >= 11 is 5.70. The molecule has 0 spiro atoms. The van der Waals surface area contributed by atoms with Crippen molar-refractivity contribution in [2.75, 3.05) is 0 Å². The van der Waals surface area contributed by atoms with Crippen molar-refractivity contribution in [3.8, 4) is 0 Å². The van der Waals surface area contributed by atoms with Crippen molar-refractivity contribution in [3.63, 3.8) is 0 Å². The second-order valence-electron chi connectivity index (χ2n) is 3.86. The van der Waals surface area contributed by atoms with Crippen molar-refractivity contribution < 1.29 is 19.2 Å². The van der Waals surface area contributed by atoms with E-state index in [4.69, 9.17) is 17.3 Å². The number of nitrogens with one attached hydrogen (secondary N) is 2. The molecule has 4 N–H and O–H groups in total. The van der Waals surface area contributed by atoms with E-state index in [0.717, 1.165) is 0 Å². The molecule has 0 bridgehead atoms. The van der Waals surface area contributed by atoms with Crippen molar-refractivity contribution in [2.45, 2.75) is 5.41 Å². The second-order valence-corrected chi connectivity index (χ2v) is 4.29. The Labute approximate surface area is 112 Å². The first-order valence-corrected chi connectivity index (χ1v) is 5.49. The lowest BCUT2D eigenvalue weighted by atomic mass is 9.77. The van der Waals surface area contributed by atoms with Crippen LogP contribution in [-0.4, -0.2) is 23.8 Å². The molecule has 1 aromatic rings. The van der Waals surface area contributed by atoms with Gasteiger partial charge in [-0.05, 0) is 17.7 Å². The number of halogens is 1. The minimum atomic E-state index is -2.28. The van der Waals surface area contributed by atoms with E-state index >= 15 is 0 Å². The molecule has 2 rings (SSSR count). The quantitative estimate of drug-likeness (QED) is 0.629. The molecule has 7 nitrogen and oxygen atoms in total. The van der Waals surface area contributed by atoms with E-state index in [-0.39, 0.29) is 5.56 Å². The van der Waals surface area contributed by atoms with Crippen molar-refractivity contribution >= 4 is 35.4 Å². The Hall–Kier alpha value is -2.41. The molecule has 0 aliphatic carbocycles. The van der Waals surface area contributed by atoms with E-state index in [1.807, 2.05) is 10.6 Å². The molecule has 98 valence electrons. The Balaban J connectivity index is 2.64. The van der Waals surface area contributed by atoms with Crippen LogP contribution in [0.4, 0.5) is 4.79 Å². The molecule has 1 saturated heterocycles. The number of primary amides is 1. The number of hydrogen-bond donors (Lipinski definition) is 3. The van der Waals surface area contributed by atoms with Crippen molar-refractivity contribution in [2.24, 2.45) is 5.73 Å². The molecule has 0 radical (unpaired) electrons. The molecular weight excluding hydrogens is 274 g/mol. The lowest BCUT2D eigenvalue weighted by molar-refractivity contribution is -0.145. The molecule has 1 aliphatic heterocycles. The highest BCUT2D eigenvalue weighted by molar-refractivity contribution is 6.35. The van der Waals surface area contributed by atoms with Gasteiger partial charge in [-0.2, -0.15) is 0 Å². The summed E-state index contributed by atoms with van der Waals surface area (Å²) in [5.74, 6) is -3.36. The summed E-state index contributed by atoms with van der Waals surface area (Å²) < 4.78 is 0. The highest BCUT2D eigenvalue weighted by Crippen LogP contribution is 2.28. The maximum Gasteiger partial charge on any atom is 0.328 e. The Morgan fingerprint density at radius 3 is 1.95 bits per heavy atom. The van der Waals surface area contributed by atoms with Crippen LogP contribution in [-0.2, 0) is 19.8 Å². The fourth-order valence-electron chi connectivity index (χ4n) is 1.86. The zero-order valence-electron chi connectivity index (χ0n) is 9.40. The number of carbonyl (C=O) groups is 4. The van der Waals surface area contributed by atoms with Crippen LogP contribution in [0.5, 0.6) is 0 Å². The van der Waals surface area contributed by atoms with E-state index in [9.17, 15) is 19.2 Å². The van der Waals surface area contributed by atoms with Crippen LogP contribution in [0.3, 0.4) is 0 Å². The smallest absolute Gasteiger partial charge is 0.328 e. The summed E-state index contributed by atoms with van der Waals surface area (Å²) in [6.45, 7) is 0. The highest BCUT2D eigenvalue weighted by atomic mass is 35.5. The predicted molar refractivity (Wildman–Crippen MR) is 64.0 cm³/mol. The Kier molecular flexibility index (Phi) is 2.99. The monoisotopic (exact) mass is 281 g/mol. The maximum absolute atomic E-state index is 11.9. The van der Waals surface area contributed by atoms with Gasteiger partial charge in [0.1, 0.15) is 0 Å². The predicted octanol–water partition coefficient (Wildman–Crippen LogP) is -0.571. The molecule has 5 amide bonds. The molecule has 1 heterocycles. The number of benzene rings is 1. The highest BCUT2D eigenvalue weighted by Gasteiger charge is 2.56. The van der Waals surface area contributed by atoms with Crippen molar-refractivity contribution in [3.05, 3.63) is 34.9 Å². The standard InChI is InChI=1S/C11H8ClN3O4/c12-6-3-1-5(2-4-6)11(7(13)16)8(17)14-10(19)15-9(11)18/h1-4H,(H2,13,16)(H2,14,15,17,18,19). The van der Waals surface area contributed by atoms with Gasteiger partial charge >= 0.3 is 6.03 Å². The third-order valence-electron chi connectivity index (χ3n) is 2.78. The van der Waals surface area contributed by atoms with Gasteiger partial charge in [-0.15, -0.1) is 0 Å². The summed E-state index contributed by atoms with van der Waals surface area (Å²) in [6, 6.07) is 4.45. The fraction of sp³-hybridized carbons (Fsp3) is 0.0909. The topological polar surface area (TPSA) is 118 Å². The molecular formula is C11H8ClN3O4. The Morgan fingerprint density at radius 1 is 1.05 bits per heavy atom. The van der Waals surface area contributed by atoms with Crippen LogP contribution in [0.2, 0.25) is 5.02 Å². The second kappa shape index (κ2) is 4.36. The van der Waals surface area contributed by atoms with E-state index in [0.29, 0.717) is 5.02 Å². The van der Waals surface area contributed by atoms with Crippen LogP contribution in [0, 0.1) is 0 Å². The van der Waals surface area contributed by atoms with Crippen LogP contribution in [0.15, 0.2) is 24.3 Å². The molecule has 8 heteroatoms. The molecule has 1 aliphatic rings. The zero-order chi connectivity index (χ0) is 14.2. The molecule has 0 aromatic heterocycles. The van der Waals surface area contributed by atoms with Gasteiger partial charge in [-0.1, -0.05) is 23.7 Å². The summed E-state index contributed by atoms with van der Waals surface area (Å²) in [6.07, 6.45) is 0. The van der Waals surface area contributed by atoms with Gasteiger partial charge in [0.25, 0.3) is 11.8 Å². The van der Waals surface area contributed by atoms with Crippen LogP contribution < -0.4 is 16.4 Å². The first-order valence-electron chi connectivity index (χ1n) is 5.12. The van der Waals surface area contributed by atoms with Gasteiger partial charge < -0.3 is 5.73 Å². The first-order chi connectivity index (χ1) is 8.88. The van der Waals surface area contributed by atoms with Crippen molar-refractivity contribution in [1.82, 2.24) is 10.6 Å². The third-order valence-corrected chi connectivity index (χ3v) is 3.03. The summed E-state index contributed by atoms with van der Waals surface area (Å²) in [5.41, 5.74) is 2.95. The van der Waals surface area contributed by atoms with Crippen LogP contribution >= 0.6 is 11.6 Å². The number of carbonyl (C=O) groups excluding carboxylic acids is 4. The normalized spacial score (nSPS) is 17.6. The number of urea groups is 1. The molecule has 0 saturated carbocycles. The number of amides is 5. The fourth-order valence-corrected chi connectivity index (χ4v) is 1.98. The van der Waals surface area contributed by atoms with E-state index in [1.54, 1.807) is 0 Å². The van der Waals surface area contributed by atoms with Gasteiger partial charge in [0.15, 0.2) is 0 Å².